The zero-order valence-corrected chi connectivity index (χ0v) is 16.3. The van der Waals surface area contributed by atoms with Crippen molar-refractivity contribution in [3.8, 4) is 0 Å². The molecule has 162 valence electrons. The number of nitrogens with zero attached hydrogens (tertiary/aromatic N) is 2. The molecule has 0 unspecified atom stereocenters. The molecule has 5 amide bonds. The minimum Gasteiger partial charge on any atom is -0.368 e. The quantitative estimate of drug-likeness (QED) is 0.306. The highest BCUT2D eigenvalue weighted by Gasteiger charge is 2.39. The fourth-order valence-corrected chi connectivity index (χ4v) is 3.69. The van der Waals surface area contributed by atoms with E-state index in [1.54, 1.807) is 6.20 Å². The molecule has 0 aromatic carbocycles. The molecular formula is C18H25N7O5. The standard InChI is InChI=1S/C18H25N7O5/c19-14(26)8-21-17(29)13-2-1-5-25(13)18(30)12(6-10-7-20-9-22-10)24-16(28)11-3-4-15(27)23-11/h7,9,11-13H,1-6,8H2,(H2,19,26)(H,20,22)(H,21,29)(H,23,27)(H,24,28)/t11-,12-,13-/m0/s1. The van der Waals surface area contributed by atoms with Gasteiger partial charge in [-0.3, -0.25) is 24.0 Å². The van der Waals surface area contributed by atoms with Crippen molar-refractivity contribution < 1.29 is 24.0 Å². The Labute approximate surface area is 172 Å². The summed E-state index contributed by atoms with van der Waals surface area (Å²) < 4.78 is 0. The molecule has 2 fully saturated rings. The third kappa shape index (κ3) is 5.13. The van der Waals surface area contributed by atoms with Gasteiger partial charge in [0.15, 0.2) is 0 Å². The second kappa shape index (κ2) is 9.37. The van der Waals surface area contributed by atoms with E-state index in [0.29, 0.717) is 31.5 Å². The van der Waals surface area contributed by atoms with Gasteiger partial charge in [-0.05, 0) is 19.3 Å². The van der Waals surface area contributed by atoms with Crippen LogP contribution in [0.3, 0.4) is 0 Å². The van der Waals surface area contributed by atoms with Crippen LogP contribution in [0.2, 0.25) is 0 Å². The van der Waals surface area contributed by atoms with Crippen LogP contribution in [0.15, 0.2) is 12.5 Å². The Morgan fingerprint density at radius 2 is 2.07 bits per heavy atom. The molecule has 12 heteroatoms. The van der Waals surface area contributed by atoms with Crippen LogP contribution in [0.1, 0.15) is 31.4 Å². The van der Waals surface area contributed by atoms with E-state index < -0.39 is 41.8 Å². The molecule has 0 spiro atoms. The number of nitrogens with two attached hydrogens (primary N) is 1. The minimum atomic E-state index is -0.944. The number of carbonyl (C=O) groups is 5. The lowest BCUT2D eigenvalue weighted by Gasteiger charge is -2.29. The third-order valence-corrected chi connectivity index (χ3v) is 5.18. The maximum Gasteiger partial charge on any atom is 0.246 e. The number of carbonyl (C=O) groups excluding carboxylic acids is 5. The van der Waals surface area contributed by atoms with Crippen LogP contribution < -0.4 is 21.7 Å². The highest BCUT2D eigenvalue weighted by molar-refractivity contribution is 5.96. The van der Waals surface area contributed by atoms with Crippen molar-refractivity contribution in [2.45, 2.75) is 50.2 Å². The summed E-state index contributed by atoms with van der Waals surface area (Å²) in [7, 11) is 0. The number of primary amides is 1. The first-order valence-corrected chi connectivity index (χ1v) is 9.78. The van der Waals surface area contributed by atoms with Crippen LogP contribution >= 0.6 is 0 Å². The lowest BCUT2D eigenvalue weighted by molar-refractivity contribution is -0.141. The number of aromatic nitrogens is 2. The van der Waals surface area contributed by atoms with Crippen LogP contribution in [0.4, 0.5) is 0 Å². The average molecular weight is 419 g/mol. The number of rotatable bonds is 8. The van der Waals surface area contributed by atoms with Gasteiger partial charge in [-0.25, -0.2) is 4.98 Å². The third-order valence-electron chi connectivity index (χ3n) is 5.18. The van der Waals surface area contributed by atoms with Crippen LogP contribution in [0.5, 0.6) is 0 Å². The van der Waals surface area contributed by atoms with E-state index in [2.05, 4.69) is 25.9 Å². The molecule has 0 aliphatic carbocycles. The monoisotopic (exact) mass is 419 g/mol. The fraction of sp³-hybridized carbons (Fsp3) is 0.556. The second-order valence-electron chi connectivity index (χ2n) is 7.37. The number of nitrogens with one attached hydrogen (secondary N) is 4. The molecule has 12 nitrogen and oxygen atoms in total. The van der Waals surface area contributed by atoms with Crippen molar-refractivity contribution in [1.29, 1.82) is 0 Å². The molecule has 3 heterocycles. The van der Waals surface area contributed by atoms with E-state index in [4.69, 9.17) is 5.73 Å². The largest absolute Gasteiger partial charge is 0.368 e. The maximum absolute atomic E-state index is 13.3. The van der Waals surface area contributed by atoms with Gasteiger partial charge in [0, 0.05) is 31.3 Å². The molecule has 0 radical (unpaired) electrons. The van der Waals surface area contributed by atoms with E-state index in [1.807, 2.05) is 0 Å². The summed E-state index contributed by atoms with van der Waals surface area (Å²) in [4.78, 5) is 68.8. The SMILES string of the molecule is NC(=O)CNC(=O)[C@@H]1CCCN1C(=O)[C@H](Cc1cnc[nH]1)NC(=O)[C@@H]1CCC(=O)N1. The van der Waals surface area contributed by atoms with Crippen LogP contribution in [0, 0.1) is 0 Å². The summed E-state index contributed by atoms with van der Waals surface area (Å²) in [6.07, 6.45) is 4.83. The average Bonchev–Trinajstić information content (AvgIpc) is 3.46. The van der Waals surface area contributed by atoms with Gasteiger partial charge in [-0.15, -0.1) is 0 Å². The normalized spacial score (nSPS) is 21.7. The molecule has 6 N–H and O–H groups in total. The van der Waals surface area contributed by atoms with E-state index in [9.17, 15) is 24.0 Å². The number of amides is 5. The first kappa shape index (κ1) is 21.3. The smallest absolute Gasteiger partial charge is 0.246 e. The number of aromatic amines is 1. The van der Waals surface area contributed by atoms with Gasteiger partial charge in [0.2, 0.25) is 29.5 Å². The van der Waals surface area contributed by atoms with E-state index >= 15 is 0 Å². The molecule has 0 bridgehead atoms. The van der Waals surface area contributed by atoms with Crippen molar-refractivity contribution in [1.82, 2.24) is 30.8 Å². The zero-order chi connectivity index (χ0) is 21.7. The number of imidazole rings is 1. The summed E-state index contributed by atoms with van der Waals surface area (Å²) in [5, 5.41) is 7.71. The predicted octanol–water partition coefficient (Wildman–Crippen LogP) is -2.69. The van der Waals surface area contributed by atoms with Gasteiger partial charge < -0.3 is 31.6 Å². The van der Waals surface area contributed by atoms with Gasteiger partial charge >= 0.3 is 0 Å². The number of hydrogen-bond donors (Lipinski definition) is 5. The van der Waals surface area contributed by atoms with Gasteiger partial charge in [0.25, 0.3) is 0 Å². The highest BCUT2D eigenvalue weighted by atomic mass is 16.2. The van der Waals surface area contributed by atoms with Crippen LogP contribution in [-0.4, -0.2) is 75.6 Å². The first-order chi connectivity index (χ1) is 14.3. The summed E-state index contributed by atoms with van der Waals surface area (Å²) in [6, 6.07) is -2.38. The lowest BCUT2D eigenvalue weighted by atomic mass is 10.1. The van der Waals surface area contributed by atoms with Crippen molar-refractivity contribution in [3.05, 3.63) is 18.2 Å². The molecule has 3 rings (SSSR count). The molecule has 2 aliphatic rings. The van der Waals surface area contributed by atoms with Crippen LogP contribution in [-0.2, 0) is 30.4 Å². The summed E-state index contributed by atoms with van der Waals surface area (Å²) >= 11 is 0. The summed E-state index contributed by atoms with van der Waals surface area (Å²) in [5.74, 6) is -2.22. The Hall–Kier alpha value is -3.44. The van der Waals surface area contributed by atoms with E-state index in [1.165, 1.54) is 11.2 Å². The summed E-state index contributed by atoms with van der Waals surface area (Å²) in [5.41, 5.74) is 5.70. The van der Waals surface area contributed by atoms with E-state index in [-0.39, 0.29) is 25.3 Å². The van der Waals surface area contributed by atoms with Crippen molar-refractivity contribution in [2.24, 2.45) is 5.73 Å². The van der Waals surface area contributed by atoms with Gasteiger partial charge in [0.05, 0.1) is 12.9 Å². The molecule has 0 saturated carbocycles. The highest BCUT2D eigenvalue weighted by Crippen LogP contribution is 2.20. The van der Waals surface area contributed by atoms with Crippen molar-refractivity contribution in [2.75, 3.05) is 13.1 Å². The number of likely N-dealkylation sites (tertiary alicyclic amines) is 1. The molecular weight excluding hydrogens is 394 g/mol. The molecule has 2 aliphatic heterocycles. The topological polar surface area (TPSA) is 179 Å². The molecule has 1 aromatic heterocycles. The molecule has 30 heavy (non-hydrogen) atoms. The maximum atomic E-state index is 13.3. The molecule has 2 saturated heterocycles. The Morgan fingerprint density at radius 3 is 2.70 bits per heavy atom. The van der Waals surface area contributed by atoms with Crippen molar-refractivity contribution in [3.63, 3.8) is 0 Å². The Kier molecular flexibility index (Phi) is 6.65. The van der Waals surface area contributed by atoms with E-state index in [0.717, 1.165) is 0 Å². The minimum absolute atomic E-state index is 0.150. The molecule has 3 atom stereocenters. The van der Waals surface area contributed by atoms with Gasteiger partial charge in [0.1, 0.15) is 18.1 Å². The first-order valence-electron chi connectivity index (χ1n) is 9.78. The Bertz CT molecular complexity index is 825. The Balaban J connectivity index is 1.71. The lowest BCUT2D eigenvalue weighted by Crippen LogP contribution is -2.56. The summed E-state index contributed by atoms with van der Waals surface area (Å²) in [6.45, 7) is 0.0378. The zero-order valence-electron chi connectivity index (χ0n) is 16.3. The van der Waals surface area contributed by atoms with Crippen LogP contribution in [0.25, 0.3) is 0 Å². The Morgan fingerprint density at radius 1 is 1.27 bits per heavy atom. The number of H-pyrrole nitrogens is 1. The fourth-order valence-electron chi connectivity index (χ4n) is 3.69. The molecule has 1 aromatic rings. The van der Waals surface area contributed by atoms with Gasteiger partial charge in [-0.1, -0.05) is 0 Å². The van der Waals surface area contributed by atoms with Gasteiger partial charge in [-0.2, -0.15) is 0 Å². The predicted molar refractivity (Wildman–Crippen MR) is 102 cm³/mol. The van der Waals surface area contributed by atoms with Crippen molar-refractivity contribution >= 4 is 29.5 Å². The second-order valence-corrected chi connectivity index (χ2v) is 7.37. The number of hydrogen-bond acceptors (Lipinski definition) is 6.